The van der Waals surface area contributed by atoms with Crippen LogP contribution in [0.15, 0.2) is 18.2 Å². The van der Waals surface area contributed by atoms with Crippen LogP contribution in [0.5, 0.6) is 0 Å². The third-order valence-electron chi connectivity index (χ3n) is 2.53. The SMILES string of the molecule is CC(C)C(C(=O)O)S(=O)(=O)Cc1cc(F)cc(F)c1. The average molecular weight is 292 g/mol. The lowest BCUT2D eigenvalue weighted by molar-refractivity contribution is -0.137. The molecule has 0 spiro atoms. The van der Waals surface area contributed by atoms with E-state index in [1.165, 1.54) is 13.8 Å². The molecule has 1 atom stereocenters. The molecule has 1 N–H and O–H groups in total. The van der Waals surface area contributed by atoms with Gasteiger partial charge < -0.3 is 5.11 Å². The lowest BCUT2D eigenvalue weighted by Crippen LogP contribution is -2.35. The highest BCUT2D eigenvalue weighted by atomic mass is 32.2. The first kappa shape index (κ1) is 15.6. The molecule has 0 radical (unpaired) electrons. The van der Waals surface area contributed by atoms with Crippen molar-refractivity contribution in [1.82, 2.24) is 0 Å². The van der Waals surface area contributed by atoms with Crippen LogP contribution in [0.1, 0.15) is 19.4 Å². The number of carbonyl (C=O) groups is 1. The van der Waals surface area contributed by atoms with Crippen molar-refractivity contribution in [3.05, 3.63) is 35.4 Å². The van der Waals surface area contributed by atoms with E-state index in [1.807, 2.05) is 0 Å². The van der Waals surface area contributed by atoms with E-state index in [1.54, 1.807) is 0 Å². The Morgan fingerprint density at radius 1 is 1.21 bits per heavy atom. The molecule has 7 heteroatoms. The predicted octanol–water partition coefficient (Wildman–Crippen LogP) is 1.99. The van der Waals surface area contributed by atoms with Crippen molar-refractivity contribution in [3.8, 4) is 0 Å². The van der Waals surface area contributed by atoms with Gasteiger partial charge in [0.05, 0.1) is 5.75 Å². The second-order valence-electron chi connectivity index (χ2n) is 4.59. The van der Waals surface area contributed by atoms with Crippen LogP contribution in [-0.4, -0.2) is 24.7 Å². The highest BCUT2D eigenvalue weighted by molar-refractivity contribution is 7.92. The van der Waals surface area contributed by atoms with Crippen molar-refractivity contribution in [3.63, 3.8) is 0 Å². The van der Waals surface area contributed by atoms with Crippen LogP contribution in [0.4, 0.5) is 8.78 Å². The van der Waals surface area contributed by atoms with Crippen molar-refractivity contribution < 1.29 is 27.1 Å². The van der Waals surface area contributed by atoms with Gasteiger partial charge in [-0.05, 0) is 23.6 Å². The Morgan fingerprint density at radius 2 is 1.68 bits per heavy atom. The molecule has 4 nitrogen and oxygen atoms in total. The predicted molar refractivity (Wildman–Crippen MR) is 65.2 cm³/mol. The van der Waals surface area contributed by atoms with Gasteiger partial charge in [0.15, 0.2) is 15.1 Å². The van der Waals surface area contributed by atoms with Gasteiger partial charge in [-0.3, -0.25) is 4.79 Å². The van der Waals surface area contributed by atoms with E-state index in [0.29, 0.717) is 6.07 Å². The molecule has 1 unspecified atom stereocenters. The Morgan fingerprint density at radius 3 is 2.05 bits per heavy atom. The maximum Gasteiger partial charge on any atom is 0.322 e. The zero-order chi connectivity index (χ0) is 14.8. The third kappa shape index (κ3) is 3.99. The molecular weight excluding hydrogens is 278 g/mol. The van der Waals surface area contributed by atoms with Gasteiger partial charge in [-0.2, -0.15) is 0 Å². The standard InChI is InChI=1S/C12H14F2O4S/c1-7(2)11(12(15)16)19(17,18)6-8-3-9(13)5-10(14)4-8/h3-5,7,11H,6H2,1-2H3,(H,15,16). The molecule has 106 valence electrons. The number of benzene rings is 1. The number of hydrogen-bond donors (Lipinski definition) is 1. The summed E-state index contributed by atoms with van der Waals surface area (Å²) in [7, 11) is -4.04. The van der Waals surface area contributed by atoms with Crippen LogP contribution in [0.2, 0.25) is 0 Å². The average Bonchev–Trinajstić information content (AvgIpc) is 2.10. The van der Waals surface area contributed by atoms with Crippen LogP contribution < -0.4 is 0 Å². The van der Waals surface area contributed by atoms with Crippen molar-refractivity contribution in [2.75, 3.05) is 0 Å². The summed E-state index contributed by atoms with van der Waals surface area (Å²) in [4.78, 5) is 11.0. The highest BCUT2D eigenvalue weighted by Crippen LogP contribution is 2.19. The first-order valence-electron chi connectivity index (χ1n) is 5.53. The summed E-state index contributed by atoms with van der Waals surface area (Å²) in [5, 5.41) is 7.34. The minimum absolute atomic E-state index is 0.107. The fourth-order valence-corrected chi connectivity index (χ4v) is 3.82. The smallest absolute Gasteiger partial charge is 0.322 e. The van der Waals surface area contributed by atoms with Crippen molar-refractivity contribution in [1.29, 1.82) is 0 Å². The molecule has 0 saturated heterocycles. The molecule has 0 bridgehead atoms. The molecule has 1 aromatic carbocycles. The van der Waals surface area contributed by atoms with Crippen LogP contribution >= 0.6 is 0 Å². The maximum atomic E-state index is 13.0. The van der Waals surface area contributed by atoms with Crippen LogP contribution in [0, 0.1) is 17.6 Å². The summed E-state index contributed by atoms with van der Waals surface area (Å²) in [6.45, 7) is 2.92. The summed E-state index contributed by atoms with van der Waals surface area (Å²) in [5.41, 5.74) is -0.107. The molecule has 0 aliphatic carbocycles. The maximum absolute atomic E-state index is 13.0. The number of rotatable bonds is 5. The molecule has 0 saturated carbocycles. The summed E-state index contributed by atoms with van der Waals surface area (Å²) in [6.07, 6.45) is 0. The van der Waals surface area contributed by atoms with Gasteiger partial charge in [-0.15, -0.1) is 0 Å². The van der Waals surface area contributed by atoms with Gasteiger partial charge in [-0.25, -0.2) is 17.2 Å². The van der Waals surface area contributed by atoms with E-state index in [4.69, 9.17) is 5.11 Å². The summed E-state index contributed by atoms with van der Waals surface area (Å²) < 4.78 is 49.9. The number of sulfone groups is 1. The lowest BCUT2D eigenvalue weighted by Gasteiger charge is -2.16. The van der Waals surface area contributed by atoms with Crippen LogP contribution in [0.3, 0.4) is 0 Å². The number of carboxylic acid groups (broad SMARTS) is 1. The Bertz CT molecular complexity index is 561. The molecular formula is C12H14F2O4S. The van der Waals surface area contributed by atoms with E-state index in [9.17, 15) is 22.0 Å². The summed E-state index contributed by atoms with van der Waals surface area (Å²) >= 11 is 0. The Hall–Kier alpha value is -1.50. The topological polar surface area (TPSA) is 71.4 Å². The van der Waals surface area contributed by atoms with Gasteiger partial charge in [-0.1, -0.05) is 13.8 Å². The number of carboxylic acids is 1. The molecule has 0 aromatic heterocycles. The second-order valence-corrected chi connectivity index (χ2v) is 6.71. The Balaban J connectivity index is 3.11. The number of halogens is 2. The fourth-order valence-electron chi connectivity index (χ4n) is 1.87. The van der Waals surface area contributed by atoms with Gasteiger partial charge in [0.2, 0.25) is 0 Å². The minimum Gasteiger partial charge on any atom is -0.480 e. The first-order valence-corrected chi connectivity index (χ1v) is 7.24. The molecule has 0 aliphatic heterocycles. The quantitative estimate of drug-likeness (QED) is 0.901. The zero-order valence-corrected chi connectivity index (χ0v) is 11.2. The number of aliphatic carboxylic acids is 1. The molecule has 0 amide bonds. The van der Waals surface area contributed by atoms with Gasteiger partial charge in [0.25, 0.3) is 0 Å². The first-order chi connectivity index (χ1) is 8.63. The Kier molecular flexibility index (Phi) is 4.62. The normalized spacial score (nSPS) is 13.5. The van der Waals surface area contributed by atoms with Crippen molar-refractivity contribution in [2.45, 2.75) is 24.9 Å². The minimum atomic E-state index is -4.04. The highest BCUT2D eigenvalue weighted by Gasteiger charge is 2.35. The van der Waals surface area contributed by atoms with Crippen LogP contribution in [0.25, 0.3) is 0 Å². The van der Waals surface area contributed by atoms with E-state index >= 15 is 0 Å². The summed E-state index contributed by atoms with van der Waals surface area (Å²) in [6, 6.07) is 2.37. The van der Waals surface area contributed by atoms with Gasteiger partial charge in [0.1, 0.15) is 11.6 Å². The molecule has 19 heavy (non-hydrogen) atoms. The number of hydrogen-bond acceptors (Lipinski definition) is 3. The molecule has 0 aliphatic rings. The Labute approximate surface area is 110 Å². The van der Waals surface area contributed by atoms with E-state index in [0.717, 1.165) is 12.1 Å². The van der Waals surface area contributed by atoms with E-state index in [2.05, 4.69) is 0 Å². The van der Waals surface area contributed by atoms with Gasteiger partial charge in [0, 0.05) is 6.07 Å². The zero-order valence-electron chi connectivity index (χ0n) is 10.4. The van der Waals surface area contributed by atoms with E-state index in [-0.39, 0.29) is 5.56 Å². The largest absolute Gasteiger partial charge is 0.480 e. The molecule has 1 aromatic rings. The van der Waals surface area contributed by atoms with Crippen molar-refractivity contribution >= 4 is 15.8 Å². The third-order valence-corrected chi connectivity index (χ3v) is 4.78. The molecule has 0 fully saturated rings. The monoisotopic (exact) mass is 292 g/mol. The summed E-state index contributed by atoms with van der Waals surface area (Å²) in [5.74, 6) is -4.62. The van der Waals surface area contributed by atoms with E-state index < -0.39 is 44.4 Å². The molecule has 0 heterocycles. The van der Waals surface area contributed by atoms with Crippen LogP contribution in [-0.2, 0) is 20.4 Å². The fraction of sp³-hybridized carbons (Fsp3) is 0.417. The van der Waals surface area contributed by atoms with Gasteiger partial charge >= 0.3 is 5.97 Å². The molecule has 1 rings (SSSR count). The second kappa shape index (κ2) is 5.64. The van der Waals surface area contributed by atoms with Crippen molar-refractivity contribution in [2.24, 2.45) is 5.92 Å². The lowest BCUT2D eigenvalue weighted by atomic mass is 10.1.